The summed E-state index contributed by atoms with van der Waals surface area (Å²) in [4.78, 5) is 49.6. The van der Waals surface area contributed by atoms with Gasteiger partial charge in [0.25, 0.3) is 0 Å². The molecule has 0 aliphatic heterocycles. The van der Waals surface area contributed by atoms with Crippen molar-refractivity contribution in [1.29, 1.82) is 0 Å². The van der Waals surface area contributed by atoms with Crippen LogP contribution in [0.4, 0.5) is 5.69 Å². The fourth-order valence-corrected chi connectivity index (χ4v) is 3.12. The second kappa shape index (κ2) is 15.9. The zero-order chi connectivity index (χ0) is 27.3. The predicted octanol–water partition coefficient (Wildman–Crippen LogP) is 0.964. The lowest BCUT2D eigenvalue weighted by atomic mass is 10.0. The molecule has 0 saturated carbocycles. The molecule has 0 fully saturated rings. The third-order valence-electron chi connectivity index (χ3n) is 5.34. The van der Waals surface area contributed by atoms with E-state index in [9.17, 15) is 24.3 Å². The number of esters is 1. The molecule has 11 heteroatoms. The minimum absolute atomic E-state index is 0.137. The Morgan fingerprint density at radius 1 is 0.972 bits per heavy atom. The summed E-state index contributed by atoms with van der Waals surface area (Å²) in [7, 11) is 0. The van der Waals surface area contributed by atoms with Gasteiger partial charge in [-0.2, -0.15) is 0 Å². The molecule has 0 aliphatic carbocycles. The van der Waals surface area contributed by atoms with Gasteiger partial charge in [0, 0.05) is 18.0 Å². The zero-order valence-corrected chi connectivity index (χ0v) is 21.8. The number of aliphatic hydroxyl groups is 1. The second-order valence-corrected chi connectivity index (χ2v) is 9.19. The monoisotopic (exact) mass is 507 g/mol. The van der Waals surface area contributed by atoms with Crippen molar-refractivity contribution < 1.29 is 29.0 Å². The van der Waals surface area contributed by atoms with Crippen molar-refractivity contribution in [3.05, 3.63) is 29.8 Å². The summed E-state index contributed by atoms with van der Waals surface area (Å²) in [5.74, 6) is -1.93. The number of anilines is 1. The number of carbonyl (C=O) groups excluding carboxylic acids is 4. The summed E-state index contributed by atoms with van der Waals surface area (Å²) >= 11 is 0. The van der Waals surface area contributed by atoms with E-state index in [1.165, 1.54) is 0 Å². The average molecular weight is 508 g/mol. The number of amides is 3. The first-order valence-electron chi connectivity index (χ1n) is 12.3. The molecular weight excluding hydrogens is 466 g/mol. The molecule has 0 radical (unpaired) electrons. The van der Waals surface area contributed by atoms with Gasteiger partial charge in [0.1, 0.15) is 18.7 Å². The molecule has 0 heterocycles. The highest BCUT2D eigenvalue weighted by atomic mass is 16.5. The lowest BCUT2D eigenvalue weighted by Crippen LogP contribution is -2.55. The van der Waals surface area contributed by atoms with Crippen LogP contribution in [-0.2, 0) is 30.5 Å². The van der Waals surface area contributed by atoms with Gasteiger partial charge in [-0.1, -0.05) is 46.8 Å². The first-order chi connectivity index (χ1) is 16.9. The molecule has 1 aromatic carbocycles. The molecule has 7 N–H and O–H groups in total. The molecule has 0 aliphatic rings. The Labute approximate surface area is 212 Å². The Balaban J connectivity index is 2.90. The zero-order valence-electron chi connectivity index (χ0n) is 21.8. The van der Waals surface area contributed by atoms with Crippen molar-refractivity contribution in [2.24, 2.45) is 17.6 Å². The number of hydrogen-bond acceptors (Lipinski definition) is 8. The van der Waals surface area contributed by atoms with Gasteiger partial charge < -0.3 is 25.8 Å². The summed E-state index contributed by atoms with van der Waals surface area (Å²) in [5, 5.41) is 20.1. The molecule has 0 spiro atoms. The average Bonchev–Trinajstić information content (AvgIpc) is 2.82. The minimum Gasteiger partial charge on any atom is -0.461 e. The SMILES string of the molecule is CCC(=O)OCc1ccc(NC(=O)[C@H](CCCNC(N)O)NC(=O)[C@@H](NC(=O)C(C)C)C(C)C)cc1. The first kappa shape index (κ1) is 31.0. The summed E-state index contributed by atoms with van der Waals surface area (Å²) < 4.78 is 5.10. The van der Waals surface area contributed by atoms with Gasteiger partial charge >= 0.3 is 5.97 Å². The van der Waals surface area contributed by atoms with E-state index < -0.39 is 30.2 Å². The fraction of sp³-hybridized carbons (Fsp3) is 0.600. The highest BCUT2D eigenvalue weighted by Crippen LogP contribution is 2.13. The van der Waals surface area contributed by atoms with Gasteiger partial charge in [-0.15, -0.1) is 0 Å². The smallest absolute Gasteiger partial charge is 0.305 e. The topological polar surface area (TPSA) is 172 Å². The van der Waals surface area contributed by atoms with E-state index in [0.29, 0.717) is 25.1 Å². The Morgan fingerprint density at radius 2 is 1.61 bits per heavy atom. The Morgan fingerprint density at radius 3 is 2.14 bits per heavy atom. The summed E-state index contributed by atoms with van der Waals surface area (Å²) in [6.45, 7) is 9.28. The number of benzene rings is 1. The predicted molar refractivity (Wildman–Crippen MR) is 136 cm³/mol. The number of nitrogens with two attached hydrogens (primary N) is 1. The van der Waals surface area contributed by atoms with E-state index in [-0.39, 0.29) is 36.7 Å². The number of carbonyl (C=O) groups is 4. The van der Waals surface area contributed by atoms with Gasteiger partial charge in [0.15, 0.2) is 6.35 Å². The molecule has 202 valence electrons. The van der Waals surface area contributed by atoms with Crippen LogP contribution < -0.4 is 27.0 Å². The maximum Gasteiger partial charge on any atom is 0.305 e. The van der Waals surface area contributed by atoms with Crippen LogP contribution in [0.2, 0.25) is 0 Å². The van der Waals surface area contributed by atoms with Crippen molar-refractivity contribution in [3.63, 3.8) is 0 Å². The van der Waals surface area contributed by atoms with Crippen LogP contribution in [0.5, 0.6) is 0 Å². The summed E-state index contributed by atoms with van der Waals surface area (Å²) in [6, 6.07) is 5.13. The van der Waals surface area contributed by atoms with Crippen molar-refractivity contribution in [2.75, 3.05) is 11.9 Å². The van der Waals surface area contributed by atoms with Crippen molar-refractivity contribution >= 4 is 29.4 Å². The van der Waals surface area contributed by atoms with E-state index in [0.717, 1.165) is 5.56 Å². The largest absolute Gasteiger partial charge is 0.461 e. The van der Waals surface area contributed by atoms with E-state index in [1.54, 1.807) is 45.0 Å². The highest BCUT2D eigenvalue weighted by Gasteiger charge is 2.29. The summed E-state index contributed by atoms with van der Waals surface area (Å²) in [5.41, 5.74) is 6.56. The Kier molecular flexibility index (Phi) is 13.7. The number of rotatable bonds is 15. The maximum absolute atomic E-state index is 13.1. The lowest BCUT2D eigenvalue weighted by molar-refractivity contribution is -0.144. The quantitative estimate of drug-likeness (QED) is 0.116. The Hall–Kier alpha value is -3.02. The third-order valence-corrected chi connectivity index (χ3v) is 5.34. The van der Waals surface area contributed by atoms with Crippen LogP contribution in [0, 0.1) is 11.8 Å². The van der Waals surface area contributed by atoms with Crippen molar-refractivity contribution in [2.45, 2.75) is 78.9 Å². The van der Waals surface area contributed by atoms with Gasteiger partial charge in [0.2, 0.25) is 17.7 Å². The van der Waals surface area contributed by atoms with Crippen LogP contribution >= 0.6 is 0 Å². The molecule has 0 saturated heterocycles. The number of nitrogens with one attached hydrogen (secondary N) is 4. The van der Waals surface area contributed by atoms with E-state index in [1.807, 2.05) is 13.8 Å². The normalized spacial score (nSPS) is 13.6. The third kappa shape index (κ3) is 11.6. The van der Waals surface area contributed by atoms with E-state index in [2.05, 4.69) is 21.3 Å². The van der Waals surface area contributed by atoms with E-state index >= 15 is 0 Å². The molecule has 0 aromatic heterocycles. The van der Waals surface area contributed by atoms with Gasteiger partial charge in [-0.05, 0) is 43.0 Å². The maximum atomic E-state index is 13.1. The van der Waals surface area contributed by atoms with Gasteiger partial charge in [0.05, 0.1) is 0 Å². The van der Waals surface area contributed by atoms with Crippen LogP contribution in [0.25, 0.3) is 0 Å². The van der Waals surface area contributed by atoms with Gasteiger partial charge in [-0.25, -0.2) is 0 Å². The molecule has 1 aromatic rings. The van der Waals surface area contributed by atoms with Crippen LogP contribution in [0.3, 0.4) is 0 Å². The van der Waals surface area contributed by atoms with E-state index in [4.69, 9.17) is 10.5 Å². The Bertz CT molecular complexity index is 857. The molecule has 11 nitrogen and oxygen atoms in total. The molecule has 36 heavy (non-hydrogen) atoms. The van der Waals surface area contributed by atoms with Crippen LogP contribution in [0.15, 0.2) is 24.3 Å². The van der Waals surface area contributed by atoms with Gasteiger partial charge in [-0.3, -0.25) is 30.2 Å². The fourth-order valence-electron chi connectivity index (χ4n) is 3.12. The number of hydrogen-bond donors (Lipinski definition) is 6. The summed E-state index contributed by atoms with van der Waals surface area (Å²) in [6.07, 6.45) is -0.178. The van der Waals surface area contributed by atoms with Crippen LogP contribution in [0.1, 0.15) is 59.4 Å². The van der Waals surface area contributed by atoms with Crippen LogP contribution in [-0.4, -0.2) is 53.8 Å². The first-order valence-corrected chi connectivity index (χ1v) is 12.3. The molecular formula is C25H41N5O6. The molecule has 1 rings (SSSR count). The molecule has 3 atom stereocenters. The van der Waals surface area contributed by atoms with Crippen molar-refractivity contribution in [3.8, 4) is 0 Å². The molecule has 0 bridgehead atoms. The second-order valence-electron chi connectivity index (χ2n) is 9.19. The number of aliphatic hydroxyl groups excluding tert-OH is 1. The standard InChI is InChI=1S/C25H41N5O6/c1-6-20(31)36-14-17-9-11-18(12-10-17)28-23(33)19(8-7-13-27-25(26)35)29-24(34)21(15(2)3)30-22(32)16(4)5/h9-12,15-16,19,21,25,27,35H,6-8,13-14,26H2,1-5H3,(H,28,33)(H,29,34)(H,30,32)/t19-,21-,25?/m0/s1. The lowest BCUT2D eigenvalue weighted by Gasteiger charge is -2.26. The van der Waals surface area contributed by atoms with Crippen molar-refractivity contribution in [1.82, 2.24) is 16.0 Å². The minimum atomic E-state index is -1.18. The number of ether oxygens (including phenoxy) is 1. The highest BCUT2D eigenvalue weighted by molar-refractivity contribution is 5.98. The molecule has 3 amide bonds. The molecule has 1 unspecified atom stereocenters.